The van der Waals surface area contributed by atoms with Crippen LogP contribution in [0.3, 0.4) is 0 Å². The highest BCUT2D eigenvalue weighted by molar-refractivity contribution is 5.72. The van der Waals surface area contributed by atoms with Crippen LogP contribution in [0.5, 0.6) is 11.5 Å². The van der Waals surface area contributed by atoms with E-state index in [-0.39, 0.29) is 24.7 Å². The van der Waals surface area contributed by atoms with E-state index >= 15 is 0 Å². The molecule has 278 valence electrons. The molecule has 0 saturated carbocycles. The molecule has 4 aromatic carbocycles. The minimum absolute atomic E-state index is 0.0654. The summed E-state index contributed by atoms with van der Waals surface area (Å²) in [6.45, 7) is 8.15. The first kappa shape index (κ1) is 37.7. The summed E-state index contributed by atoms with van der Waals surface area (Å²) in [5.41, 5.74) is 4.47. The Morgan fingerprint density at radius 1 is 0.519 bits per heavy atom. The van der Waals surface area contributed by atoms with E-state index in [0.717, 1.165) is 98.1 Å². The van der Waals surface area contributed by atoms with Crippen LogP contribution in [0.1, 0.15) is 83.0 Å². The van der Waals surface area contributed by atoms with Crippen LogP contribution >= 0.6 is 0 Å². The Kier molecular flexibility index (Phi) is 11.9. The topological polar surface area (TPSA) is 24.9 Å². The summed E-state index contributed by atoms with van der Waals surface area (Å²) in [7, 11) is 0. The zero-order valence-corrected chi connectivity index (χ0v) is 29.8. The van der Waals surface area contributed by atoms with Gasteiger partial charge in [0.05, 0.1) is 11.1 Å². The number of likely N-dealkylation sites (tertiary alicyclic amines) is 2. The number of hydrogen-bond donors (Lipinski definition) is 0. The molecule has 2 aliphatic heterocycles. The minimum Gasteiger partial charge on any atom is -0.488 e. The summed E-state index contributed by atoms with van der Waals surface area (Å²) in [4.78, 5) is 4.37. The molecule has 0 aliphatic carbocycles. The third-order valence-corrected chi connectivity index (χ3v) is 10.4. The fourth-order valence-electron chi connectivity index (χ4n) is 7.37. The summed E-state index contributed by atoms with van der Waals surface area (Å²) in [5.74, 6) is -0.430. The molecule has 2 heterocycles. The van der Waals surface area contributed by atoms with Gasteiger partial charge in [0.2, 0.25) is 0 Å². The maximum atomic E-state index is 14.2. The van der Waals surface area contributed by atoms with E-state index in [2.05, 4.69) is 9.80 Å². The molecular formula is C42H46F6N2O2. The highest BCUT2D eigenvalue weighted by Crippen LogP contribution is 2.40. The molecule has 0 amide bonds. The van der Waals surface area contributed by atoms with E-state index < -0.39 is 23.5 Å². The summed E-state index contributed by atoms with van der Waals surface area (Å²) in [6, 6.07) is 19.8. The highest BCUT2D eigenvalue weighted by Gasteiger charge is 2.36. The van der Waals surface area contributed by atoms with Crippen LogP contribution < -0.4 is 9.47 Å². The van der Waals surface area contributed by atoms with Gasteiger partial charge in [-0.25, -0.2) is 0 Å². The first-order valence-corrected chi connectivity index (χ1v) is 18.1. The molecule has 0 atom stereocenters. The van der Waals surface area contributed by atoms with Crippen molar-refractivity contribution in [3.05, 3.63) is 117 Å². The van der Waals surface area contributed by atoms with Crippen LogP contribution in [0.25, 0.3) is 11.1 Å². The van der Waals surface area contributed by atoms with Crippen molar-refractivity contribution in [1.82, 2.24) is 9.80 Å². The van der Waals surface area contributed by atoms with Crippen molar-refractivity contribution >= 4 is 0 Å². The van der Waals surface area contributed by atoms with Crippen molar-refractivity contribution in [3.63, 3.8) is 0 Å². The van der Waals surface area contributed by atoms with Crippen LogP contribution in [-0.2, 0) is 38.7 Å². The average Bonchev–Trinajstić information content (AvgIpc) is 3.12. The molecule has 10 heteroatoms. The number of piperidine rings is 2. The second kappa shape index (κ2) is 16.3. The molecule has 52 heavy (non-hydrogen) atoms. The Morgan fingerprint density at radius 3 is 1.27 bits per heavy atom. The average molecular weight is 725 g/mol. The van der Waals surface area contributed by atoms with Gasteiger partial charge in [-0.15, -0.1) is 0 Å². The number of rotatable bonds is 11. The smallest absolute Gasteiger partial charge is 0.419 e. The fraction of sp³-hybridized carbons (Fsp3) is 0.429. The lowest BCUT2D eigenvalue weighted by Gasteiger charge is -2.27. The first-order valence-electron chi connectivity index (χ1n) is 18.1. The van der Waals surface area contributed by atoms with Gasteiger partial charge in [0.25, 0.3) is 0 Å². The zero-order valence-electron chi connectivity index (χ0n) is 29.8. The molecule has 2 saturated heterocycles. The Hall–Kier alpha value is -4.02. The quantitative estimate of drug-likeness (QED) is 0.144. The van der Waals surface area contributed by atoms with E-state index in [1.165, 1.54) is 24.3 Å². The number of halogens is 6. The number of hydrogen-bond acceptors (Lipinski definition) is 4. The summed E-state index contributed by atoms with van der Waals surface area (Å²) < 4.78 is 96.7. The molecule has 2 aliphatic rings. The maximum Gasteiger partial charge on any atom is 0.419 e. The third kappa shape index (κ3) is 9.31. The van der Waals surface area contributed by atoms with Gasteiger partial charge in [-0.1, -0.05) is 61.4 Å². The third-order valence-electron chi connectivity index (χ3n) is 10.4. The van der Waals surface area contributed by atoms with E-state index in [9.17, 15) is 26.3 Å². The second-order valence-corrected chi connectivity index (χ2v) is 14.1. The van der Waals surface area contributed by atoms with Crippen molar-refractivity contribution in [2.45, 2.75) is 91.0 Å². The summed E-state index contributed by atoms with van der Waals surface area (Å²) >= 11 is 0. The minimum atomic E-state index is -4.57. The molecule has 2 fully saturated rings. The van der Waals surface area contributed by atoms with E-state index in [4.69, 9.17) is 9.47 Å². The number of ether oxygens (including phenoxy) is 2. The monoisotopic (exact) mass is 724 g/mol. The zero-order chi connectivity index (χ0) is 36.9. The predicted molar refractivity (Wildman–Crippen MR) is 191 cm³/mol. The molecular weight excluding hydrogens is 678 g/mol. The van der Waals surface area contributed by atoms with Crippen molar-refractivity contribution in [2.24, 2.45) is 0 Å². The van der Waals surface area contributed by atoms with Crippen LogP contribution in [0, 0.1) is 13.8 Å². The van der Waals surface area contributed by atoms with Crippen molar-refractivity contribution in [2.75, 3.05) is 26.2 Å². The number of alkyl halides is 6. The molecule has 0 unspecified atom stereocenters. The molecule has 0 radical (unpaired) electrons. The lowest BCUT2D eigenvalue weighted by Crippen LogP contribution is -2.29. The molecule has 4 aromatic rings. The first-order chi connectivity index (χ1) is 24.9. The van der Waals surface area contributed by atoms with Gasteiger partial charge in [-0.3, -0.25) is 9.80 Å². The normalized spacial score (nSPS) is 16.2. The molecule has 0 N–H and O–H groups in total. The predicted octanol–water partition coefficient (Wildman–Crippen LogP) is 11.1. The molecule has 0 bridgehead atoms. The summed E-state index contributed by atoms with van der Waals surface area (Å²) in [6.07, 6.45) is -2.62. The Balaban J connectivity index is 1.17. The van der Waals surface area contributed by atoms with Crippen molar-refractivity contribution in [1.29, 1.82) is 0 Å². The molecule has 0 aromatic heterocycles. The van der Waals surface area contributed by atoms with Crippen molar-refractivity contribution in [3.8, 4) is 22.6 Å². The lowest BCUT2D eigenvalue weighted by molar-refractivity contribution is -0.140. The van der Waals surface area contributed by atoms with Crippen LogP contribution in [0.4, 0.5) is 26.3 Å². The molecule has 6 rings (SSSR count). The largest absolute Gasteiger partial charge is 0.488 e. The SMILES string of the molecule is Cc1c(COc2ccc(CN3CCCCC3)cc2C(F)(F)F)cccc1-c1cccc(COc2ccc(CN3CCCCC3)cc2C(F)(F)F)c1C. The standard InChI is InChI=1S/C42H46F6N2O2/c1-29-33(27-51-39-17-15-31(23-37(39)41(43,44)45)25-49-19-5-3-6-20-49)11-9-13-35(29)36-14-10-12-34(30(36)2)28-52-40-18-16-32(24-38(40)42(46,47)48)26-50-21-7-4-8-22-50/h9-18,23-24H,3-8,19-22,25-28H2,1-2H3. The van der Waals surface area contributed by atoms with Crippen LogP contribution in [0.2, 0.25) is 0 Å². The van der Waals surface area contributed by atoms with Crippen LogP contribution in [-0.4, -0.2) is 36.0 Å². The second-order valence-electron chi connectivity index (χ2n) is 14.1. The molecule has 0 spiro atoms. The van der Waals surface area contributed by atoms with Gasteiger partial charge >= 0.3 is 12.4 Å². The summed E-state index contributed by atoms with van der Waals surface area (Å²) in [5, 5.41) is 0. The van der Waals surface area contributed by atoms with E-state index in [1.54, 1.807) is 12.1 Å². The number of nitrogens with zero attached hydrogens (tertiary/aromatic N) is 2. The number of benzene rings is 4. The van der Waals surface area contributed by atoms with Gasteiger partial charge in [-0.05, 0) is 134 Å². The Bertz CT molecular complexity index is 1690. The van der Waals surface area contributed by atoms with Crippen molar-refractivity contribution < 1.29 is 35.8 Å². The van der Waals surface area contributed by atoms with E-state index in [1.807, 2.05) is 50.2 Å². The Morgan fingerprint density at radius 2 is 0.904 bits per heavy atom. The van der Waals surface area contributed by atoms with Crippen LogP contribution in [0.15, 0.2) is 72.8 Å². The maximum absolute atomic E-state index is 14.2. The fourth-order valence-corrected chi connectivity index (χ4v) is 7.37. The van der Waals surface area contributed by atoms with Gasteiger partial charge in [0.1, 0.15) is 24.7 Å². The van der Waals surface area contributed by atoms with Gasteiger partial charge < -0.3 is 9.47 Å². The lowest BCUT2D eigenvalue weighted by atomic mass is 9.92. The van der Waals surface area contributed by atoms with E-state index in [0.29, 0.717) is 24.2 Å². The van der Waals surface area contributed by atoms with Gasteiger partial charge in [-0.2, -0.15) is 26.3 Å². The van der Waals surface area contributed by atoms with Gasteiger partial charge in [0.15, 0.2) is 0 Å². The van der Waals surface area contributed by atoms with Gasteiger partial charge in [0, 0.05) is 13.1 Å². The Labute approximate surface area is 302 Å². The molecule has 4 nitrogen and oxygen atoms in total. The highest BCUT2D eigenvalue weighted by atomic mass is 19.4.